The summed E-state index contributed by atoms with van der Waals surface area (Å²) >= 11 is 6.08. The molecule has 0 aliphatic carbocycles. The number of halogens is 1. The molecule has 6 heteroatoms. The summed E-state index contributed by atoms with van der Waals surface area (Å²) in [5.74, 6) is 1.69. The first-order valence-corrected chi connectivity index (χ1v) is 10.5. The van der Waals surface area contributed by atoms with E-state index in [1.54, 1.807) is 7.05 Å². The first kappa shape index (κ1) is 21.5. The Labute approximate surface area is 178 Å². The third kappa shape index (κ3) is 5.87. The molecule has 2 aromatic rings. The molecule has 5 nitrogen and oxygen atoms in total. The van der Waals surface area contributed by atoms with E-state index < -0.39 is 0 Å². The number of guanidine groups is 1. The van der Waals surface area contributed by atoms with E-state index in [0.717, 1.165) is 54.9 Å². The van der Waals surface area contributed by atoms with Crippen LogP contribution in [0.3, 0.4) is 0 Å². The maximum Gasteiger partial charge on any atom is 0.191 e. The van der Waals surface area contributed by atoms with Crippen molar-refractivity contribution in [2.45, 2.75) is 31.7 Å². The SMILES string of the molecule is CCOc1ccc(C2(CNC(=NC)NCc3cccc(Cl)c3)CCOCC2)cc1. The number of ether oxygens (including phenoxy) is 2. The summed E-state index contributed by atoms with van der Waals surface area (Å²) in [6.07, 6.45) is 1.94. The fraction of sp³-hybridized carbons (Fsp3) is 0.435. The second-order valence-electron chi connectivity index (χ2n) is 7.26. The Morgan fingerprint density at radius 3 is 2.55 bits per heavy atom. The van der Waals surface area contributed by atoms with Crippen LogP contribution in [-0.4, -0.2) is 39.4 Å². The first-order valence-electron chi connectivity index (χ1n) is 10.2. The van der Waals surface area contributed by atoms with Gasteiger partial charge in [-0.3, -0.25) is 4.99 Å². The smallest absolute Gasteiger partial charge is 0.191 e. The van der Waals surface area contributed by atoms with Gasteiger partial charge in [0, 0.05) is 43.8 Å². The lowest BCUT2D eigenvalue weighted by Crippen LogP contribution is -2.47. The highest BCUT2D eigenvalue weighted by molar-refractivity contribution is 6.30. The summed E-state index contributed by atoms with van der Waals surface area (Å²) in [5.41, 5.74) is 2.44. The second-order valence-corrected chi connectivity index (χ2v) is 7.70. The van der Waals surface area contributed by atoms with Gasteiger partial charge in [-0.15, -0.1) is 0 Å². The van der Waals surface area contributed by atoms with Gasteiger partial charge < -0.3 is 20.1 Å². The molecule has 3 rings (SSSR count). The Morgan fingerprint density at radius 1 is 1.14 bits per heavy atom. The van der Waals surface area contributed by atoms with Gasteiger partial charge in [-0.05, 0) is 55.2 Å². The van der Waals surface area contributed by atoms with Crippen molar-refractivity contribution in [1.82, 2.24) is 10.6 Å². The topological polar surface area (TPSA) is 54.9 Å². The highest BCUT2D eigenvalue weighted by Crippen LogP contribution is 2.35. The zero-order valence-corrected chi connectivity index (χ0v) is 18.0. The number of aliphatic imine (C=N–C) groups is 1. The van der Waals surface area contributed by atoms with Crippen LogP contribution in [0.5, 0.6) is 5.75 Å². The van der Waals surface area contributed by atoms with Crippen molar-refractivity contribution in [3.8, 4) is 5.75 Å². The molecular formula is C23H30ClN3O2. The van der Waals surface area contributed by atoms with E-state index in [2.05, 4.69) is 39.9 Å². The average molecular weight is 416 g/mol. The number of hydrogen-bond acceptors (Lipinski definition) is 3. The van der Waals surface area contributed by atoms with Crippen LogP contribution in [0.1, 0.15) is 30.9 Å². The molecule has 29 heavy (non-hydrogen) atoms. The summed E-state index contributed by atoms with van der Waals surface area (Å²) in [6, 6.07) is 16.3. The monoisotopic (exact) mass is 415 g/mol. The van der Waals surface area contributed by atoms with Crippen molar-refractivity contribution in [2.75, 3.05) is 33.4 Å². The van der Waals surface area contributed by atoms with Crippen molar-refractivity contribution >= 4 is 17.6 Å². The number of rotatable bonds is 7. The van der Waals surface area contributed by atoms with Gasteiger partial charge in [0.05, 0.1) is 6.61 Å². The molecule has 1 aliphatic heterocycles. The third-order valence-corrected chi connectivity index (χ3v) is 5.63. The predicted molar refractivity (Wildman–Crippen MR) is 119 cm³/mol. The average Bonchev–Trinajstić information content (AvgIpc) is 2.75. The van der Waals surface area contributed by atoms with Crippen LogP contribution in [0, 0.1) is 0 Å². The van der Waals surface area contributed by atoms with Crippen molar-refractivity contribution in [3.63, 3.8) is 0 Å². The zero-order valence-electron chi connectivity index (χ0n) is 17.2. The molecule has 1 fully saturated rings. The van der Waals surface area contributed by atoms with E-state index in [4.69, 9.17) is 21.1 Å². The molecule has 0 bridgehead atoms. The molecule has 0 aromatic heterocycles. The molecule has 0 spiro atoms. The highest BCUT2D eigenvalue weighted by Gasteiger charge is 2.34. The molecular weight excluding hydrogens is 386 g/mol. The second kappa shape index (κ2) is 10.5. The number of benzene rings is 2. The molecule has 1 aliphatic rings. The van der Waals surface area contributed by atoms with Crippen LogP contribution in [0.15, 0.2) is 53.5 Å². The Hall–Kier alpha value is -2.24. The Kier molecular flexibility index (Phi) is 7.78. The lowest BCUT2D eigenvalue weighted by molar-refractivity contribution is 0.0513. The van der Waals surface area contributed by atoms with E-state index in [1.165, 1.54) is 5.56 Å². The van der Waals surface area contributed by atoms with E-state index in [1.807, 2.05) is 31.2 Å². The van der Waals surface area contributed by atoms with Crippen molar-refractivity contribution in [3.05, 3.63) is 64.7 Å². The lowest BCUT2D eigenvalue weighted by Gasteiger charge is -2.38. The Bertz CT molecular complexity index is 802. The van der Waals surface area contributed by atoms with E-state index in [0.29, 0.717) is 13.2 Å². The maximum absolute atomic E-state index is 6.08. The summed E-state index contributed by atoms with van der Waals surface area (Å²) < 4.78 is 11.2. The Morgan fingerprint density at radius 2 is 1.90 bits per heavy atom. The van der Waals surface area contributed by atoms with Gasteiger partial charge in [-0.1, -0.05) is 35.9 Å². The first-order chi connectivity index (χ1) is 14.1. The molecule has 1 heterocycles. The fourth-order valence-corrected chi connectivity index (χ4v) is 3.92. The molecule has 156 valence electrons. The van der Waals surface area contributed by atoms with Crippen LogP contribution < -0.4 is 15.4 Å². The Balaban J connectivity index is 1.66. The largest absolute Gasteiger partial charge is 0.494 e. The minimum Gasteiger partial charge on any atom is -0.494 e. The summed E-state index contributed by atoms with van der Waals surface area (Å²) in [6.45, 7) is 5.67. The van der Waals surface area contributed by atoms with Crippen LogP contribution in [0.2, 0.25) is 5.02 Å². The van der Waals surface area contributed by atoms with Gasteiger partial charge in [-0.25, -0.2) is 0 Å². The number of nitrogens with zero attached hydrogens (tertiary/aromatic N) is 1. The van der Waals surface area contributed by atoms with Gasteiger partial charge in [0.25, 0.3) is 0 Å². The van der Waals surface area contributed by atoms with E-state index >= 15 is 0 Å². The summed E-state index contributed by atoms with van der Waals surface area (Å²) in [4.78, 5) is 4.38. The lowest BCUT2D eigenvalue weighted by atomic mass is 9.74. The van der Waals surface area contributed by atoms with Crippen LogP contribution in [0.25, 0.3) is 0 Å². The normalized spacial score (nSPS) is 16.3. The number of nitrogens with one attached hydrogen (secondary N) is 2. The molecule has 0 saturated carbocycles. The fourth-order valence-electron chi connectivity index (χ4n) is 3.71. The highest BCUT2D eigenvalue weighted by atomic mass is 35.5. The van der Waals surface area contributed by atoms with Gasteiger partial charge in [-0.2, -0.15) is 0 Å². The van der Waals surface area contributed by atoms with Gasteiger partial charge in [0.2, 0.25) is 0 Å². The van der Waals surface area contributed by atoms with Crippen LogP contribution >= 0.6 is 11.6 Å². The van der Waals surface area contributed by atoms with Crippen molar-refractivity contribution in [1.29, 1.82) is 0 Å². The van der Waals surface area contributed by atoms with E-state index in [-0.39, 0.29) is 5.41 Å². The summed E-state index contributed by atoms with van der Waals surface area (Å²) in [5, 5.41) is 7.64. The molecule has 0 amide bonds. The van der Waals surface area contributed by atoms with Crippen molar-refractivity contribution in [2.24, 2.45) is 4.99 Å². The predicted octanol–water partition coefficient (Wildman–Crippen LogP) is 4.15. The molecule has 0 unspecified atom stereocenters. The molecule has 0 radical (unpaired) electrons. The minimum atomic E-state index is 0.0106. The van der Waals surface area contributed by atoms with Gasteiger partial charge in [0.15, 0.2) is 5.96 Å². The number of hydrogen-bond donors (Lipinski definition) is 2. The quantitative estimate of drug-likeness (QED) is 0.526. The summed E-state index contributed by atoms with van der Waals surface area (Å²) in [7, 11) is 1.79. The molecule has 2 aromatic carbocycles. The minimum absolute atomic E-state index is 0.0106. The third-order valence-electron chi connectivity index (χ3n) is 5.39. The van der Waals surface area contributed by atoms with Gasteiger partial charge in [0.1, 0.15) is 5.75 Å². The van der Waals surface area contributed by atoms with Crippen LogP contribution in [0.4, 0.5) is 0 Å². The van der Waals surface area contributed by atoms with Crippen molar-refractivity contribution < 1.29 is 9.47 Å². The maximum atomic E-state index is 6.08. The molecule has 0 atom stereocenters. The molecule has 2 N–H and O–H groups in total. The molecule has 1 saturated heterocycles. The standard InChI is InChI=1S/C23H30ClN3O2/c1-3-29-21-9-7-19(8-10-21)23(11-13-28-14-12-23)17-27-22(25-2)26-16-18-5-4-6-20(24)15-18/h4-10,15H,3,11-14,16-17H2,1-2H3,(H2,25,26,27). The van der Waals surface area contributed by atoms with Crippen LogP contribution in [-0.2, 0) is 16.7 Å². The van der Waals surface area contributed by atoms with E-state index in [9.17, 15) is 0 Å². The zero-order chi connectivity index (χ0) is 20.5. The van der Waals surface area contributed by atoms with Gasteiger partial charge >= 0.3 is 0 Å².